The Hall–Kier alpha value is -2.21. The molecule has 1 aromatic carbocycles. The van der Waals surface area contributed by atoms with Gasteiger partial charge in [0.05, 0.1) is 17.3 Å². The number of likely N-dealkylation sites (tertiary alicyclic amines) is 2. The minimum atomic E-state index is -0.783. The molecule has 5 heteroatoms. The summed E-state index contributed by atoms with van der Waals surface area (Å²) in [5.41, 5.74) is 2.59. The van der Waals surface area contributed by atoms with E-state index in [4.69, 9.17) is 4.98 Å². The maximum absolute atomic E-state index is 11.8. The van der Waals surface area contributed by atoms with Gasteiger partial charge in [-0.1, -0.05) is 36.4 Å². The number of fused-ring (bicyclic) bond motifs is 1. The molecule has 5 nitrogen and oxygen atoms in total. The molecule has 0 radical (unpaired) electrons. The van der Waals surface area contributed by atoms with E-state index in [1.165, 1.54) is 18.4 Å². The Bertz CT molecular complexity index is 979. The van der Waals surface area contributed by atoms with Crippen LogP contribution in [0.25, 0.3) is 5.52 Å². The van der Waals surface area contributed by atoms with Gasteiger partial charge < -0.3 is 9.51 Å². The van der Waals surface area contributed by atoms with Crippen LogP contribution in [0, 0.1) is 6.92 Å². The van der Waals surface area contributed by atoms with Gasteiger partial charge in [-0.3, -0.25) is 9.80 Å². The summed E-state index contributed by atoms with van der Waals surface area (Å²) in [4.78, 5) is 9.84. The van der Waals surface area contributed by atoms with Gasteiger partial charge in [0.15, 0.2) is 0 Å². The molecule has 2 fully saturated rings. The molecule has 5 rings (SSSR count). The van der Waals surface area contributed by atoms with Crippen LogP contribution < -0.4 is 0 Å². The molecule has 29 heavy (non-hydrogen) atoms. The normalized spacial score (nSPS) is 26.3. The van der Waals surface area contributed by atoms with E-state index >= 15 is 0 Å². The lowest BCUT2D eigenvalue weighted by Gasteiger charge is -2.48. The largest absolute Gasteiger partial charge is 0.383 e. The van der Waals surface area contributed by atoms with E-state index in [1.54, 1.807) is 0 Å². The highest BCUT2D eigenvalue weighted by molar-refractivity contribution is 5.53. The van der Waals surface area contributed by atoms with Gasteiger partial charge in [-0.05, 0) is 57.0 Å². The fraction of sp³-hybridized carbons (Fsp3) is 0.458. The summed E-state index contributed by atoms with van der Waals surface area (Å²) in [6, 6.07) is 16.7. The Labute approximate surface area is 172 Å². The molecular formula is C24H30N4O. The van der Waals surface area contributed by atoms with Crippen molar-refractivity contribution in [3.05, 3.63) is 71.8 Å². The van der Waals surface area contributed by atoms with Crippen molar-refractivity contribution in [2.45, 2.75) is 44.4 Å². The summed E-state index contributed by atoms with van der Waals surface area (Å²) < 4.78 is 2.16. The van der Waals surface area contributed by atoms with Crippen molar-refractivity contribution < 1.29 is 5.11 Å². The predicted molar refractivity (Wildman–Crippen MR) is 115 cm³/mol. The van der Waals surface area contributed by atoms with Crippen LogP contribution in [0.15, 0.2) is 54.7 Å². The first-order valence-corrected chi connectivity index (χ1v) is 10.8. The van der Waals surface area contributed by atoms with Crippen LogP contribution in [0.2, 0.25) is 0 Å². The van der Waals surface area contributed by atoms with Crippen LogP contribution in [0.4, 0.5) is 0 Å². The number of pyridine rings is 1. The molecule has 2 aromatic heterocycles. The minimum Gasteiger partial charge on any atom is -0.383 e. The lowest BCUT2D eigenvalue weighted by Crippen LogP contribution is -2.60. The molecule has 0 amide bonds. The highest BCUT2D eigenvalue weighted by atomic mass is 16.3. The highest BCUT2D eigenvalue weighted by Crippen LogP contribution is 2.37. The molecule has 0 saturated carbocycles. The van der Waals surface area contributed by atoms with Crippen molar-refractivity contribution >= 4 is 5.52 Å². The van der Waals surface area contributed by atoms with E-state index < -0.39 is 5.60 Å². The smallest absolute Gasteiger partial charge is 0.110 e. The first-order chi connectivity index (χ1) is 14.1. The fourth-order valence-electron chi connectivity index (χ4n) is 5.26. The van der Waals surface area contributed by atoms with Gasteiger partial charge in [0.1, 0.15) is 11.4 Å². The summed E-state index contributed by atoms with van der Waals surface area (Å²) in [5.74, 6) is 1.03. The topological polar surface area (TPSA) is 44.0 Å². The second-order valence-corrected chi connectivity index (χ2v) is 8.60. The van der Waals surface area contributed by atoms with Crippen molar-refractivity contribution in [1.29, 1.82) is 0 Å². The van der Waals surface area contributed by atoms with Crippen LogP contribution in [-0.4, -0.2) is 56.5 Å². The molecular weight excluding hydrogens is 360 g/mol. The van der Waals surface area contributed by atoms with Gasteiger partial charge in [-0.2, -0.15) is 0 Å². The van der Waals surface area contributed by atoms with Gasteiger partial charge in [-0.25, -0.2) is 4.98 Å². The van der Waals surface area contributed by atoms with Gasteiger partial charge in [0, 0.05) is 25.8 Å². The SMILES string of the molecule is Cc1nc(CN2CC[C@](O)(c3ccccc3)[C@H](N3CCCC3)C2)c2ccccn12. The van der Waals surface area contributed by atoms with Crippen molar-refractivity contribution in [3.8, 4) is 0 Å². The van der Waals surface area contributed by atoms with E-state index in [1.807, 2.05) is 18.2 Å². The van der Waals surface area contributed by atoms with Crippen LogP contribution >= 0.6 is 0 Å². The van der Waals surface area contributed by atoms with Crippen molar-refractivity contribution in [2.24, 2.45) is 0 Å². The van der Waals surface area contributed by atoms with Gasteiger partial charge in [0.2, 0.25) is 0 Å². The third-order valence-electron chi connectivity index (χ3n) is 6.82. The minimum absolute atomic E-state index is 0.121. The summed E-state index contributed by atoms with van der Waals surface area (Å²) in [6.07, 6.45) is 5.29. The first kappa shape index (κ1) is 18.8. The van der Waals surface area contributed by atoms with Crippen LogP contribution in [0.5, 0.6) is 0 Å². The average molecular weight is 391 g/mol. The number of rotatable bonds is 4. The molecule has 4 heterocycles. The average Bonchev–Trinajstić information content (AvgIpc) is 3.39. The maximum Gasteiger partial charge on any atom is 0.110 e. The van der Waals surface area contributed by atoms with Gasteiger partial charge >= 0.3 is 0 Å². The highest BCUT2D eigenvalue weighted by Gasteiger charge is 2.46. The summed E-state index contributed by atoms with van der Waals surface area (Å²) in [6.45, 7) is 6.81. The zero-order chi connectivity index (χ0) is 19.8. The van der Waals surface area contributed by atoms with E-state index in [0.29, 0.717) is 0 Å². The number of aliphatic hydroxyl groups is 1. The fourth-order valence-corrected chi connectivity index (χ4v) is 5.26. The number of aryl methyl sites for hydroxylation is 1. The Kier molecular flexibility index (Phi) is 4.90. The summed E-state index contributed by atoms with van der Waals surface area (Å²) in [5, 5.41) is 11.8. The van der Waals surface area contributed by atoms with Crippen LogP contribution in [-0.2, 0) is 12.1 Å². The molecule has 2 saturated heterocycles. The summed E-state index contributed by atoms with van der Waals surface area (Å²) >= 11 is 0. The Morgan fingerprint density at radius 1 is 1.03 bits per heavy atom. The van der Waals surface area contributed by atoms with E-state index in [0.717, 1.165) is 56.2 Å². The predicted octanol–water partition coefficient (Wildman–Crippen LogP) is 3.20. The number of hydrogen-bond acceptors (Lipinski definition) is 4. The molecule has 0 bridgehead atoms. The van der Waals surface area contributed by atoms with Gasteiger partial charge in [0.25, 0.3) is 0 Å². The number of nitrogens with zero attached hydrogens (tertiary/aromatic N) is 4. The Balaban J connectivity index is 1.42. The first-order valence-electron chi connectivity index (χ1n) is 10.8. The van der Waals surface area contributed by atoms with Crippen molar-refractivity contribution in [1.82, 2.24) is 19.2 Å². The molecule has 0 unspecified atom stereocenters. The molecule has 2 aliphatic rings. The molecule has 1 N–H and O–H groups in total. The Morgan fingerprint density at radius 2 is 1.79 bits per heavy atom. The monoisotopic (exact) mass is 390 g/mol. The van der Waals surface area contributed by atoms with E-state index in [-0.39, 0.29) is 6.04 Å². The third kappa shape index (κ3) is 3.37. The number of aromatic nitrogens is 2. The van der Waals surface area contributed by atoms with E-state index in [9.17, 15) is 5.11 Å². The molecule has 2 atom stereocenters. The number of benzene rings is 1. The lowest BCUT2D eigenvalue weighted by molar-refractivity contribution is -0.0960. The zero-order valence-electron chi connectivity index (χ0n) is 17.2. The van der Waals surface area contributed by atoms with Crippen LogP contribution in [0.1, 0.15) is 36.3 Å². The van der Waals surface area contributed by atoms with Crippen LogP contribution in [0.3, 0.4) is 0 Å². The standard InChI is InChI=1S/C24H30N4O/c1-19-25-21(22-11-5-6-15-28(19)22)17-26-16-12-24(29,20-9-3-2-4-10-20)23(18-26)27-13-7-8-14-27/h2-6,9-11,15,23,29H,7-8,12-14,16-18H2,1H3/t23-,24+/m1/s1. The van der Waals surface area contributed by atoms with Crippen molar-refractivity contribution in [2.75, 3.05) is 26.2 Å². The second kappa shape index (κ2) is 7.56. The van der Waals surface area contributed by atoms with Gasteiger partial charge in [-0.15, -0.1) is 0 Å². The Morgan fingerprint density at radius 3 is 2.59 bits per heavy atom. The molecule has 3 aromatic rings. The molecule has 2 aliphatic heterocycles. The quantitative estimate of drug-likeness (QED) is 0.743. The molecule has 0 aliphatic carbocycles. The molecule has 0 spiro atoms. The lowest BCUT2D eigenvalue weighted by atomic mass is 9.79. The molecule has 152 valence electrons. The number of imidazole rings is 1. The maximum atomic E-state index is 11.8. The number of piperidine rings is 1. The van der Waals surface area contributed by atoms with E-state index in [2.05, 4.69) is 57.7 Å². The van der Waals surface area contributed by atoms with Crippen molar-refractivity contribution in [3.63, 3.8) is 0 Å². The second-order valence-electron chi connectivity index (χ2n) is 8.60. The summed E-state index contributed by atoms with van der Waals surface area (Å²) in [7, 11) is 0. The third-order valence-corrected chi connectivity index (χ3v) is 6.82. The number of hydrogen-bond donors (Lipinski definition) is 1. The zero-order valence-corrected chi connectivity index (χ0v) is 17.2.